The molecule has 2 aromatic carbocycles. The van der Waals surface area contributed by atoms with E-state index in [-0.39, 0.29) is 35.8 Å². The summed E-state index contributed by atoms with van der Waals surface area (Å²) < 4.78 is 19.0. The molecule has 8 nitrogen and oxygen atoms in total. The number of ether oxygens (including phenoxy) is 1. The van der Waals surface area contributed by atoms with Gasteiger partial charge in [0.1, 0.15) is 5.75 Å². The minimum Gasteiger partial charge on any atom is -0.484 e. The van der Waals surface area contributed by atoms with E-state index in [0.29, 0.717) is 5.75 Å². The standard InChI is InChI=1S/C22H24FN3O5/c1-14-4-3-5-15(2)25(14)21(27)13-31-18-9-6-16(7-10-18)22(28)24-17-8-11-19(23)20(12-17)26(29)30/h6-12,14-15H,3-5,13H2,1-2H3,(H,24,28). The molecule has 0 aromatic heterocycles. The molecule has 2 unspecified atom stereocenters. The molecule has 0 aliphatic carbocycles. The Balaban J connectivity index is 1.58. The summed E-state index contributed by atoms with van der Waals surface area (Å²) in [5.74, 6) is -1.12. The molecule has 1 fully saturated rings. The number of hydrogen-bond donors (Lipinski definition) is 1. The third-order valence-corrected chi connectivity index (χ3v) is 5.36. The van der Waals surface area contributed by atoms with Gasteiger partial charge in [-0.3, -0.25) is 19.7 Å². The molecule has 0 spiro atoms. The van der Waals surface area contributed by atoms with Gasteiger partial charge in [-0.25, -0.2) is 0 Å². The number of benzene rings is 2. The maximum Gasteiger partial charge on any atom is 0.306 e. The first-order chi connectivity index (χ1) is 14.8. The molecule has 3 rings (SSSR count). The Labute approximate surface area is 179 Å². The molecule has 2 amide bonds. The summed E-state index contributed by atoms with van der Waals surface area (Å²) in [7, 11) is 0. The van der Waals surface area contributed by atoms with Crippen molar-refractivity contribution in [3.05, 3.63) is 64.0 Å². The van der Waals surface area contributed by atoms with E-state index in [0.717, 1.165) is 31.4 Å². The van der Waals surface area contributed by atoms with Gasteiger partial charge >= 0.3 is 5.69 Å². The summed E-state index contributed by atoms with van der Waals surface area (Å²) in [6, 6.07) is 9.66. The molecule has 1 saturated heterocycles. The lowest BCUT2D eigenvalue weighted by molar-refractivity contribution is -0.387. The van der Waals surface area contributed by atoms with Crippen LogP contribution in [0.5, 0.6) is 5.75 Å². The van der Waals surface area contributed by atoms with Crippen LogP contribution in [-0.4, -0.2) is 40.3 Å². The Bertz CT molecular complexity index is 970. The Morgan fingerprint density at radius 2 is 1.81 bits per heavy atom. The molecule has 0 radical (unpaired) electrons. The lowest BCUT2D eigenvalue weighted by atomic mass is 9.97. The molecule has 9 heteroatoms. The van der Waals surface area contributed by atoms with Crippen molar-refractivity contribution in [1.82, 2.24) is 4.90 Å². The van der Waals surface area contributed by atoms with E-state index < -0.39 is 22.3 Å². The first-order valence-electron chi connectivity index (χ1n) is 10.1. The van der Waals surface area contributed by atoms with Gasteiger partial charge < -0.3 is 15.0 Å². The molecule has 1 heterocycles. The zero-order valence-electron chi connectivity index (χ0n) is 17.3. The van der Waals surface area contributed by atoms with E-state index in [4.69, 9.17) is 4.74 Å². The van der Waals surface area contributed by atoms with Crippen molar-refractivity contribution in [2.75, 3.05) is 11.9 Å². The minimum absolute atomic E-state index is 0.0700. The lowest BCUT2D eigenvalue weighted by Gasteiger charge is -2.38. The largest absolute Gasteiger partial charge is 0.484 e. The molecular formula is C22H24FN3O5. The topological polar surface area (TPSA) is 102 Å². The second-order valence-corrected chi connectivity index (χ2v) is 7.62. The average molecular weight is 429 g/mol. The summed E-state index contributed by atoms with van der Waals surface area (Å²) in [5.41, 5.74) is -0.332. The van der Waals surface area contributed by atoms with Crippen LogP contribution in [0.3, 0.4) is 0 Å². The number of nitrogens with zero attached hydrogens (tertiary/aromatic N) is 2. The van der Waals surface area contributed by atoms with Crippen molar-refractivity contribution >= 4 is 23.2 Å². The number of nitrogens with one attached hydrogen (secondary N) is 1. The molecule has 31 heavy (non-hydrogen) atoms. The van der Waals surface area contributed by atoms with Crippen LogP contribution in [0.1, 0.15) is 43.5 Å². The van der Waals surface area contributed by atoms with Crippen molar-refractivity contribution in [2.45, 2.75) is 45.2 Å². The number of carbonyl (C=O) groups excluding carboxylic acids is 2. The van der Waals surface area contributed by atoms with Crippen molar-refractivity contribution in [2.24, 2.45) is 0 Å². The Hall–Kier alpha value is -3.49. The monoisotopic (exact) mass is 429 g/mol. The number of piperidine rings is 1. The maximum absolute atomic E-state index is 13.4. The number of nitro benzene ring substituents is 1. The van der Waals surface area contributed by atoms with Crippen LogP contribution in [0.25, 0.3) is 0 Å². The number of halogens is 1. The third-order valence-electron chi connectivity index (χ3n) is 5.36. The van der Waals surface area contributed by atoms with E-state index >= 15 is 0 Å². The van der Waals surface area contributed by atoms with Crippen LogP contribution in [0.4, 0.5) is 15.8 Å². The summed E-state index contributed by atoms with van der Waals surface area (Å²) in [5, 5.41) is 13.3. The predicted molar refractivity (Wildman–Crippen MR) is 113 cm³/mol. The molecule has 1 N–H and O–H groups in total. The fourth-order valence-corrected chi connectivity index (χ4v) is 3.77. The van der Waals surface area contributed by atoms with E-state index in [1.807, 2.05) is 18.7 Å². The molecule has 2 aromatic rings. The van der Waals surface area contributed by atoms with Crippen LogP contribution in [-0.2, 0) is 4.79 Å². The smallest absolute Gasteiger partial charge is 0.306 e. The summed E-state index contributed by atoms with van der Waals surface area (Å²) >= 11 is 0. The highest BCUT2D eigenvalue weighted by molar-refractivity contribution is 6.04. The van der Waals surface area contributed by atoms with E-state index in [9.17, 15) is 24.1 Å². The first kappa shape index (κ1) is 22.2. The van der Waals surface area contributed by atoms with Gasteiger partial charge in [0.25, 0.3) is 11.8 Å². The third kappa shape index (κ3) is 5.36. The minimum atomic E-state index is -0.979. The molecule has 164 valence electrons. The number of rotatable bonds is 6. The number of nitro groups is 1. The van der Waals surface area contributed by atoms with E-state index in [2.05, 4.69) is 5.32 Å². The van der Waals surface area contributed by atoms with Crippen LogP contribution < -0.4 is 10.1 Å². The number of carbonyl (C=O) groups is 2. The lowest BCUT2D eigenvalue weighted by Crippen LogP contribution is -2.49. The van der Waals surface area contributed by atoms with Gasteiger partial charge in [-0.15, -0.1) is 0 Å². The Morgan fingerprint density at radius 1 is 1.16 bits per heavy atom. The normalized spacial score (nSPS) is 18.4. The molecule has 1 aliphatic heterocycles. The molecule has 0 bridgehead atoms. The summed E-state index contributed by atoms with van der Waals surface area (Å²) in [4.78, 5) is 36.7. The molecular weight excluding hydrogens is 405 g/mol. The van der Waals surface area contributed by atoms with Gasteiger partial charge in [-0.2, -0.15) is 4.39 Å². The van der Waals surface area contributed by atoms with Crippen molar-refractivity contribution in [1.29, 1.82) is 0 Å². The van der Waals surface area contributed by atoms with Crippen LogP contribution in [0.2, 0.25) is 0 Å². The van der Waals surface area contributed by atoms with Gasteiger partial charge in [0.05, 0.1) is 4.92 Å². The van der Waals surface area contributed by atoms with Crippen molar-refractivity contribution in [3.63, 3.8) is 0 Å². The Morgan fingerprint density at radius 3 is 2.42 bits per heavy atom. The van der Waals surface area contributed by atoms with Crippen LogP contribution in [0.15, 0.2) is 42.5 Å². The predicted octanol–water partition coefficient (Wildman–Crippen LogP) is 4.15. The SMILES string of the molecule is CC1CCCC(C)N1C(=O)COc1ccc(C(=O)Nc2ccc(F)c([N+](=O)[O-])c2)cc1. The molecule has 0 saturated carbocycles. The Kier molecular flexibility index (Phi) is 6.84. The van der Waals surface area contributed by atoms with Crippen LogP contribution in [0, 0.1) is 15.9 Å². The van der Waals surface area contributed by atoms with Crippen molar-refractivity contribution < 1.29 is 23.6 Å². The van der Waals surface area contributed by atoms with Crippen molar-refractivity contribution in [3.8, 4) is 5.75 Å². The van der Waals surface area contributed by atoms with Gasteiger partial charge in [-0.05, 0) is 69.5 Å². The zero-order chi connectivity index (χ0) is 22.5. The number of hydrogen-bond acceptors (Lipinski definition) is 5. The fraction of sp³-hybridized carbons (Fsp3) is 0.364. The highest BCUT2D eigenvalue weighted by Gasteiger charge is 2.29. The molecule has 1 aliphatic rings. The fourth-order valence-electron chi connectivity index (χ4n) is 3.77. The maximum atomic E-state index is 13.4. The quantitative estimate of drug-likeness (QED) is 0.549. The second-order valence-electron chi connectivity index (χ2n) is 7.62. The summed E-state index contributed by atoms with van der Waals surface area (Å²) in [6.07, 6.45) is 3.08. The van der Waals surface area contributed by atoms with Gasteiger partial charge in [-0.1, -0.05) is 0 Å². The first-order valence-corrected chi connectivity index (χ1v) is 10.1. The average Bonchev–Trinajstić information content (AvgIpc) is 2.73. The number of likely N-dealkylation sites (tertiary alicyclic amines) is 1. The highest BCUT2D eigenvalue weighted by Crippen LogP contribution is 2.24. The van der Waals surface area contributed by atoms with E-state index in [1.165, 1.54) is 18.2 Å². The highest BCUT2D eigenvalue weighted by atomic mass is 19.1. The number of anilines is 1. The second kappa shape index (κ2) is 9.55. The molecule has 2 atom stereocenters. The van der Waals surface area contributed by atoms with Gasteiger partial charge in [0, 0.05) is 29.4 Å². The van der Waals surface area contributed by atoms with E-state index in [1.54, 1.807) is 12.1 Å². The van der Waals surface area contributed by atoms with Gasteiger partial charge in [0.15, 0.2) is 6.61 Å². The van der Waals surface area contributed by atoms with Crippen LogP contribution >= 0.6 is 0 Å². The zero-order valence-corrected chi connectivity index (χ0v) is 17.3. The van der Waals surface area contributed by atoms with Gasteiger partial charge in [0.2, 0.25) is 5.82 Å². The summed E-state index contributed by atoms with van der Waals surface area (Å²) in [6.45, 7) is 3.99. The number of amides is 2.